The molecule has 1 aromatic heterocycles. The van der Waals surface area contributed by atoms with Crippen LogP contribution in [0.1, 0.15) is 20.8 Å². The molecule has 0 aliphatic carbocycles. The Hall–Kier alpha value is -2.76. The van der Waals surface area contributed by atoms with Crippen LogP contribution in [0.5, 0.6) is 0 Å². The van der Waals surface area contributed by atoms with E-state index in [1.165, 1.54) is 36.5 Å². The summed E-state index contributed by atoms with van der Waals surface area (Å²) in [5, 5.41) is 11.2. The predicted octanol–water partition coefficient (Wildman–Crippen LogP) is 2.17. The number of carbonyl (C=O) groups is 2. The number of benzene rings is 1. The molecule has 0 aliphatic heterocycles. The van der Waals surface area contributed by atoms with E-state index >= 15 is 0 Å². The third-order valence-corrected chi connectivity index (χ3v) is 2.38. The summed E-state index contributed by atoms with van der Waals surface area (Å²) in [5.74, 6) is -2.65. The van der Waals surface area contributed by atoms with Crippen molar-refractivity contribution in [2.75, 3.05) is 5.32 Å². The maximum atomic E-state index is 13.4. The molecule has 1 amide bonds. The molecule has 0 saturated heterocycles. The molecule has 1 aromatic carbocycles. The number of carboxylic acids is 1. The number of halogens is 1. The van der Waals surface area contributed by atoms with Crippen molar-refractivity contribution >= 4 is 17.6 Å². The number of nitrogens with one attached hydrogen (secondary N) is 1. The average molecular weight is 260 g/mol. The Balaban J connectivity index is 2.31. The smallest absolute Gasteiger partial charge is 0.338 e. The zero-order valence-corrected chi connectivity index (χ0v) is 9.63. The highest BCUT2D eigenvalue weighted by Gasteiger charge is 2.18. The maximum absolute atomic E-state index is 13.4. The second-order valence-electron chi connectivity index (χ2n) is 3.64. The van der Waals surface area contributed by atoms with E-state index in [-0.39, 0.29) is 16.9 Å². The van der Waals surface area contributed by atoms with Gasteiger partial charge in [0.05, 0.1) is 11.3 Å². The summed E-state index contributed by atoms with van der Waals surface area (Å²) in [6.45, 7) is 0. The molecule has 0 radical (unpaired) electrons. The van der Waals surface area contributed by atoms with Crippen molar-refractivity contribution in [2.45, 2.75) is 0 Å². The van der Waals surface area contributed by atoms with Crippen molar-refractivity contribution in [3.63, 3.8) is 0 Å². The molecule has 0 unspecified atom stereocenters. The Morgan fingerprint density at radius 1 is 1.16 bits per heavy atom. The maximum Gasteiger partial charge on any atom is 0.338 e. The Labute approximate surface area is 107 Å². The molecule has 2 aromatic rings. The Morgan fingerprint density at radius 3 is 2.58 bits per heavy atom. The normalized spacial score (nSPS) is 9.95. The molecule has 0 saturated carbocycles. The summed E-state index contributed by atoms with van der Waals surface area (Å²) in [7, 11) is 0. The number of anilines is 1. The third-order valence-electron chi connectivity index (χ3n) is 2.38. The molecule has 0 fully saturated rings. The first-order valence-corrected chi connectivity index (χ1v) is 5.34. The fourth-order valence-electron chi connectivity index (χ4n) is 1.50. The summed E-state index contributed by atoms with van der Waals surface area (Å²) < 4.78 is 13.4. The van der Waals surface area contributed by atoms with E-state index in [2.05, 4.69) is 10.3 Å². The van der Waals surface area contributed by atoms with Gasteiger partial charge >= 0.3 is 5.97 Å². The van der Waals surface area contributed by atoms with Crippen LogP contribution in [0.15, 0.2) is 42.6 Å². The van der Waals surface area contributed by atoms with E-state index < -0.39 is 17.7 Å². The van der Waals surface area contributed by atoms with Gasteiger partial charge in [0, 0.05) is 6.20 Å². The summed E-state index contributed by atoms with van der Waals surface area (Å²) in [6.07, 6.45) is 1.29. The molecule has 0 bridgehead atoms. The summed E-state index contributed by atoms with van der Waals surface area (Å²) >= 11 is 0. The topological polar surface area (TPSA) is 79.3 Å². The number of nitrogens with zero attached hydrogens (tertiary/aromatic N) is 1. The van der Waals surface area contributed by atoms with Crippen LogP contribution in [0.2, 0.25) is 0 Å². The van der Waals surface area contributed by atoms with Crippen LogP contribution in [0, 0.1) is 5.82 Å². The summed E-state index contributed by atoms with van der Waals surface area (Å²) in [6, 6.07) is 8.25. The van der Waals surface area contributed by atoms with Crippen molar-refractivity contribution in [1.29, 1.82) is 0 Å². The molecule has 5 nitrogen and oxygen atoms in total. The Kier molecular flexibility index (Phi) is 3.51. The number of pyridine rings is 1. The van der Waals surface area contributed by atoms with Gasteiger partial charge < -0.3 is 10.4 Å². The number of hydrogen-bond donors (Lipinski definition) is 2. The van der Waals surface area contributed by atoms with Gasteiger partial charge in [0.2, 0.25) is 0 Å². The lowest BCUT2D eigenvalue weighted by Crippen LogP contribution is -2.18. The van der Waals surface area contributed by atoms with E-state index in [1.54, 1.807) is 6.07 Å². The fourth-order valence-corrected chi connectivity index (χ4v) is 1.50. The molecule has 0 atom stereocenters. The molecule has 0 aliphatic rings. The highest BCUT2D eigenvalue weighted by Crippen LogP contribution is 2.14. The first-order valence-electron chi connectivity index (χ1n) is 5.34. The van der Waals surface area contributed by atoms with Crippen LogP contribution in [0.25, 0.3) is 0 Å². The van der Waals surface area contributed by atoms with E-state index in [1.807, 2.05) is 0 Å². The number of para-hydroxylation sites is 1. The van der Waals surface area contributed by atoms with Crippen molar-refractivity contribution in [3.05, 3.63) is 59.7 Å². The second kappa shape index (κ2) is 5.26. The molecule has 1 heterocycles. The number of carboxylic acid groups (broad SMARTS) is 1. The number of aromatic carboxylic acids is 1. The van der Waals surface area contributed by atoms with Gasteiger partial charge in [-0.25, -0.2) is 9.18 Å². The third kappa shape index (κ3) is 2.74. The van der Waals surface area contributed by atoms with Crippen molar-refractivity contribution in [2.24, 2.45) is 0 Å². The fraction of sp³-hybridized carbons (Fsp3) is 0. The van der Waals surface area contributed by atoms with E-state index in [9.17, 15) is 14.0 Å². The lowest BCUT2D eigenvalue weighted by Gasteiger charge is -2.07. The zero-order chi connectivity index (χ0) is 13.8. The first kappa shape index (κ1) is 12.7. The molecule has 6 heteroatoms. The summed E-state index contributed by atoms with van der Waals surface area (Å²) in [4.78, 5) is 26.5. The van der Waals surface area contributed by atoms with Gasteiger partial charge in [-0.15, -0.1) is 0 Å². The van der Waals surface area contributed by atoms with Gasteiger partial charge in [-0.1, -0.05) is 12.1 Å². The monoisotopic (exact) mass is 260 g/mol. The number of aromatic nitrogens is 1. The minimum atomic E-state index is -1.27. The van der Waals surface area contributed by atoms with Gasteiger partial charge in [0.25, 0.3) is 5.91 Å². The SMILES string of the molecule is O=C(O)c1cccnc1C(=O)Nc1ccccc1F. The van der Waals surface area contributed by atoms with E-state index in [4.69, 9.17) is 5.11 Å². The number of amides is 1. The second-order valence-corrected chi connectivity index (χ2v) is 3.64. The zero-order valence-electron chi connectivity index (χ0n) is 9.63. The highest BCUT2D eigenvalue weighted by molar-refractivity contribution is 6.09. The first-order chi connectivity index (χ1) is 9.09. The van der Waals surface area contributed by atoms with Crippen LogP contribution in [0.3, 0.4) is 0 Å². The largest absolute Gasteiger partial charge is 0.478 e. The van der Waals surface area contributed by atoms with Crippen molar-refractivity contribution in [1.82, 2.24) is 4.98 Å². The molecule has 0 spiro atoms. The van der Waals surface area contributed by atoms with Crippen LogP contribution in [-0.4, -0.2) is 22.0 Å². The summed E-state index contributed by atoms with van der Waals surface area (Å²) in [5.41, 5.74) is -0.538. The Bertz CT molecular complexity index is 643. The van der Waals surface area contributed by atoms with Gasteiger partial charge in [-0.3, -0.25) is 9.78 Å². The molecule has 96 valence electrons. The van der Waals surface area contributed by atoms with Crippen LogP contribution in [0.4, 0.5) is 10.1 Å². The van der Waals surface area contributed by atoms with E-state index in [0.717, 1.165) is 0 Å². The van der Waals surface area contributed by atoms with Gasteiger partial charge in [0.1, 0.15) is 11.5 Å². The standard InChI is InChI=1S/C13H9FN2O3/c14-9-5-1-2-6-10(9)16-12(17)11-8(13(18)19)4-3-7-15-11/h1-7H,(H,16,17)(H,18,19). The molecular weight excluding hydrogens is 251 g/mol. The van der Waals surface area contributed by atoms with Crippen LogP contribution < -0.4 is 5.32 Å². The molecule has 2 N–H and O–H groups in total. The average Bonchev–Trinajstić information content (AvgIpc) is 2.41. The Morgan fingerprint density at radius 2 is 1.89 bits per heavy atom. The quantitative estimate of drug-likeness (QED) is 0.886. The van der Waals surface area contributed by atoms with Crippen molar-refractivity contribution in [3.8, 4) is 0 Å². The number of carbonyl (C=O) groups excluding carboxylic acids is 1. The number of rotatable bonds is 3. The minimum absolute atomic E-state index is 0.0329. The van der Waals surface area contributed by atoms with E-state index in [0.29, 0.717) is 0 Å². The van der Waals surface area contributed by atoms with Gasteiger partial charge in [-0.2, -0.15) is 0 Å². The molecule has 2 rings (SSSR count). The lowest BCUT2D eigenvalue weighted by atomic mass is 10.2. The molecule has 19 heavy (non-hydrogen) atoms. The predicted molar refractivity (Wildman–Crippen MR) is 65.5 cm³/mol. The minimum Gasteiger partial charge on any atom is -0.478 e. The highest BCUT2D eigenvalue weighted by atomic mass is 19.1. The van der Waals surface area contributed by atoms with Gasteiger partial charge in [0.15, 0.2) is 0 Å². The van der Waals surface area contributed by atoms with Crippen LogP contribution >= 0.6 is 0 Å². The number of hydrogen-bond acceptors (Lipinski definition) is 3. The molecular formula is C13H9FN2O3. The lowest BCUT2D eigenvalue weighted by molar-refractivity contribution is 0.0691. The van der Waals surface area contributed by atoms with Gasteiger partial charge in [-0.05, 0) is 24.3 Å². The van der Waals surface area contributed by atoms with Crippen LogP contribution in [-0.2, 0) is 0 Å². The van der Waals surface area contributed by atoms with Crippen molar-refractivity contribution < 1.29 is 19.1 Å².